The van der Waals surface area contributed by atoms with E-state index < -0.39 is 54.0 Å². The molecule has 10 N–H and O–H groups in total. The fraction of sp³-hybridized carbons (Fsp3) is 0.542. The number of likely N-dealkylation sites (tertiary alicyclic amines) is 1. The number of carboxylic acid groups (broad SMARTS) is 1. The molecule has 1 aromatic carbocycles. The lowest BCUT2D eigenvalue weighted by atomic mass is 10.0. The number of benzene rings is 1. The molecule has 1 heterocycles. The molecular weight excluding hydrogens is 482 g/mol. The fourth-order valence-corrected chi connectivity index (χ4v) is 4.07. The van der Waals surface area contributed by atoms with Gasteiger partial charge in [-0.05, 0) is 38.2 Å². The predicted octanol–water partition coefficient (Wildman–Crippen LogP) is -1.96. The number of carboxylic acids is 1. The minimum absolute atomic E-state index is 0.0985. The van der Waals surface area contributed by atoms with E-state index in [1.54, 1.807) is 30.3 Å². The third kappa shape index (κ3) is 9.03. The zero-order chi connectivity index (χ0) is 27.5. The molecule has 1 aliphatic heterocycles. The summed E-state index contributed by atoms with van der Waals surface area (Å²) in [6.07, 6.45) is 0.280. The van der Waals surface area contributed by atoms with Crippen molar-refractivity contribution in [2.45, 2.75) is 69.3 Å². The van der Waals surface area contributed by atoms with Gasteiger partial charge in [-0.1, -0.05) is 30.3 Å². The first-order valence-electron chi connectivity index (χ1n) is 12.2. The molecule has 1 saturated heterocycles. The molecular formula is C24H37N7O6. The van der Waals surface area contributed by atoms with Crippen LogP contribution in [0.1, 0.15) is 38.2 Å². The van der Waals surface area contributed by atoms with Crippen LogP contribution >= 0.6 is 0 Å². The Labute approximate surface area is 215 Å². The number of hydrogen-bond acceptors (Lipinski definition) is 7. The average molecular weight is 520 g/mol. The van der Waals surface area contributed by atoms with Gasteiger partial charge in [-0.3, -0.25) is 19.4 Å². The number of nitrogens with two attached hydrogens (primary N) is 3. The van der Waals surface area contributed by atoms with Gasteiger partial charge in [0.05, 0.1) is 6.10 Å². The van der Waals surface area contributed by atoms with Crippen LogP contribution in [-0.4, -0.2) is 88.1 Å². The summed E-state index contributed by atoms with van der Waals surface area (Å²) in [5.74, 6) is -3.14. The number of nitrogens with zero attached hydrogens (tertiary/aromatic N) is 2. The monoisotopic (exact) mass is 519 g/mol. The van der Waals surface area contributed by atoms with Crippen molar-refractivity contribution in [3.05, 3.63) is 35.9 Å². The second-order valence-electron chi connectivity index (χ2n) is 9.06. The highest BCUT2D eigenvalue weighted by atomic mass is 16.4. The van der Waals surface area contributed by atoms with E-state index in [0.29, 0.717) is 19.3 Å². The highest BCUT2D eigenvalue weighted by molar-refractivity contribution is 5.94. The molecule has 13 nitrogen and oxygen atoms in total. The van der Waals surface area contributed by atoms with Gasteiger partial charge in [0, 0.05) is 19.5 Å². The summed E-state index contributed by atoms with van der Waals surface area (Å²) >= 11 is 0. The molecule has 1 aliphatic rings. The first-order valence-corrected chi connectivity index (χ1v) is 12.2. The van der Waals surface area contributed by atoms with Crippen LogP contribution in [0.25, 0.3) is 0 Å². The number of rotatable bonds is 13. The summed E-state index contributed by atoms with van der Waals surface area (Å²) in [6.45, 7) is 1.82. The van der Waals surface area contributed by atoms with Crippen molar-refractivity contribution >= 4 is 29.7 Å². The predicted molar refractivity (Wildman–Crippen MR) is 136 cm³/mol. The van der Waals surface area contributed by atoms with Crippen LogP contribution in [0.4, 0.5) is 0 Å². The zero-order valence-corrected chi connectivity index (χ0v) is 20.9. The molecule has 2 rings (SSSR count). The Kier molecular flexibility index (Phi) is 11.3. The molecule has 1 aromatic rings. The van der Waals surface area contributed by atoms with Crippen LogP contribution in [0.15, 0.2) is 35.3 Å². The number of aliphatic hydroxyl groups excluding tert-OH is 1. The van der Waals surface area contributed by atoms with Crippen LogP contribution < -0.4 is 27.8 Å². The molecule has 0 radical (unpaired) electrons. The Morgan fingerprint density at radius 3 is 2.35 bits per heavy atom. The average Bonchev–Trinajstić information content (AvgIpc) is 3.35. The highest BCUT2D eigenvalue weighted by Crippen LogP contribution is 2.20. The quantitative estimate of drug-likeness (QED) is 0.0870. The summed E-state index contributed by atoms with van der Waals surface area (Å²) in [4.78, 5) is 56.1. The molecule has 1 fully saturated rings. The summed E-state index contributed by atoms with van der Waals surface area (Å²) in [5.41, 5.74) is 17.2. The van der Waals surface area contributed by atoms with E-state index >= 15 is 0 Å². The van der Waals surface area contributed by atoms with E-state index in [4.69, 9.17) is 17.2 Å². The number of aliphatic hydroxyl groups is 1. The Morgan fingerprint density at radius 1 is 1.11 bits per heavy atom. The Balaban J connectivity index is 2.25. The molecule has 5 atom stereocenters. The number of aliphatic carboxylic acids is 1. The summed E-state index contributed by atoms with van der Waals surface area (Å²) in [7, 11) is 0. The van der Waals surface area contributed by atoms with Crippen LogP contribution in [-0.2, 0) is 25.6 Å². The van der Waals surface area contributed by atoms with Gasteiger partial charge in [0.25, 0.3) is 0 Å². The summed E-state index contributed by atoms with van der Waals surface area (Å²) < 4.78 is 0. The molecule has 204 valence electrons. The van der Waals surface area contributed by atoms with E-state index in [2.05, 4.69) is 15.6 Å². The second-order valence-corrected chi connectivity index (χ2v) is 9.06. The Morgan fingerprint density at radius 2 is 1.76 bits per heavy atom. The standard InChI is InChI=1S/C24H37N7O6/c1-14(32)19(25)21(34)30-17(13-15-7-3-2-4-8-15)20(33)29-16(9-5-11-28-24(26)27)22(35)31-12-6-10-18(31)23(36)37/h2-4,7-8,14,16-19,32H,5-6,9-13,25H2,1H3,(H,29,33)(H,30,34)(H,36,37)(H4,26,27,28). The number of carbonyl (C=O) groups excluding carboxylic acids is 3. The number of aliphatic imine (C=N–C) groups is 1. The van der Waals surface area contributed by atoms with Crippen molar-refractivity contribution in [2.75, 3.05) is 13.1 Å². The van der Waals surface area contributed by atoms with Crippen molar-refractivity contribution in [1.82, 2.24) is 15.5 Å². The molecule has 37 heavy (non-hydrogen) atoms. The van der Waals surface area contributed by atoms with Gasteiger partial charge in [-0.2, -0.15) is 0 Å². The smallest absolute Gasteiger partial charge is 0.326 e. The number of carbonyl (C=O) groups is 4. The van der Waals surface area contributed by atoms with E-state index in [9.17, 15) is 29.4 Å². The maximum atomic E-state index is 13.4. The first-order chi connectivity index (χ1) is 17.5. The summed E-state index contributed by atoms with van der Waals surface area (Å²) in [6, 6.07) is 4.51. The lowest BCUT2D eigenvalue weighted by Gasteiger charge is -2.29. The van der Waals surface area contributed by atoms with Gasteiger partial charge < -0.3 is 42.9 Å². The molecule has 0 saturated carbocycles. The highest BCUT2D eigenvalue weighted by Gasteiger charge is 2.38. The molecule has 0 spiro atoms. The zero-order valence-electron chi connectivity index (χ0n) is 20.9. The first kappa shape index (κ1) is 29.5. The summed E-state index contributed by atoms with van der Waals surface area (Å²) in [5, 5.41) is 24.4. The molecule has 0 aromatic heterocycles. The van der Waals surface area contributed by atoms with E-state index in [1.807, 2.05) is 0 Å². The van der Waals surface area contributed by atoms with Crippen molar-refractivity contribution in [1.29, 1.82) is 0 Å². The number of amides is 3. The van der Waals surface area contributed by atoms with E-state index in [1.165, 1.54) is 11.8 Å². The third-order valence-electron chi connectivity index (χ3n) is 6.12. The SMILES string of the molecule is CC(O)C(N)C(=O)NC(Cc1ccccc1)C(=O)NC(CCCN=C(N)N)C(=O)N1CCCC1C(=O)O. The van der Waals surface area contributed by atoms with Crippen LogP contribution in [0.2, 0.25) is 0 Å². The largest absolute Gasteiger partial charge is 0.480 e. The minimum Gasteiger partial charge on any atom is -0.480 e. The fourth-order valence-electron chi connectivity index (χ4n) is 4.07. The Bertz CT molecular complexity index is 968. The second kappa shape index (κ2) is 14.1. The van der Waals surface area contributed by atoms with E-state index in [0.717, 1.165) is 5.56 Å². The van der Waals surface area contributed by atoms with Gasteiger partial charge >= 0.3 is 5.97 Å². The Hall–Kier alpha value is -3.71. The van der Waals surface area contributed by atoms with Crippen molar-refractivity contribution in [3.63, 3.8) is 0 Å². The lowest BCUT2D eigenvalue weighted by Crippen LogP contribution is -2.58. The number of nitrogens with one attached hydrogen (secondary N) is 2. The molecule has 13 heteroatoms. The minimum atomic E-state index is -1.26. The van der Waals surface area contributed by atoms with E-state index in [-0.39, 0.29) is 31.9 Å². The lowest BCUT2D eigenvalue weighted by molar-refractivity contribution is -0.149. The van der Waals surface area contributed by atoms with Crippen LogP contribution in [0.5, 0.6) is 0 Å². The molecule has 5 unspecified atom stereocenters. The van der Waals surface area contributed by atoms with Crippen molar-refractivity contribution in [2.24, 2.45) is 22.2 Å². The van der Waals surface area contributed by atoms with Gasteiger partial charge in [0.15, 0.2) is 5.96 Å². The topological polar surface area (TPSA) is 226 Å². The third-order valence-corrected chi connectivity index (χ3v) is 6.12. The van der Waals surface area contributed by atoms with Crippen LogP contribution in [0, 0.1) is 0 Å². The molecule has 3 amide bonds. The van der Waals surface area contributed by atoms with Crippen molar-refractivity contribution in [3.8, 4) is 0 Å². The van der Waals surface area contributed by atoms with Gasteiger partial charge in [0.2, 0.25) is 17.7 Å². The molecule has 0 aliphatic carbocycles. The number of guanidine groups is 1. The number of hydrogen-bond donors (Lipinski definition) is 7. The van der Waals surface area contributed by atoms with Gasteiger partial charge in [-0.25, -0.2) is 4.79 Å². The maximum absolute atomic E-state index is 13.4. The molecule has 0 bridgehead atoms. The van der Waals surface area contributed by atoms with Gasteiger partial charge in [-0.15, -0.1) is 0 Å². The van der Waals surface area contributed by atoms with Gasteiger partial charge in [0.1, 0.15) is 24.2 Å². The maximum Gasteiger partial charge on any atom is 0.326 e. The van der Waals surface area contributed by atoms with Crippen molar-refractivity contribution < 1.29 is 29.4 Å². The van der Waals surface area contributed by atoms with Crippen LogP contribution in [0.3, 0.4) is 0 Å². The normalized spacial score (nSPS) is 18.2.